The average molecular weight is 397 g/mol. The molecule has 0 radical (unpaired) electrons. The number of nitrogens with zero attached hydrogens (tertiary/aromatic N) is 4. The fourth-order valence-corrected chi connectivity index (χ4v) is 3.28. The first kappa shape index (κ1) is 20.8. The van der Waals surface area contributed by atoms with Crippen molar-refractivity contribution in [1.29, 1.82) is 0 Å². The molecule has 2 aromatic rings. The number of para-hydroxylation sites is 1. The van der Waals surface area contributed by atoms with E-state index in [2.05, 4.69) is 37.4 Å². The number of carbonyl (C=O) groups is 1. The molecule has 1 saturated heterocycles. The smallest absolute Gasteiger partial charge is 0.241 e. The molecule has 1 amide bonds. The van der Waals surface area contributed by atoms with E-state index in [0.29, 0.717) is 29.8 Å². The molecular formula is C21H27N5O3. The number of amides is 1. The molecule has 0 bridgehead atoms. The van der Waals surface area contributed by atoms with Gasteiger partial charge in [0.15, 0.2) is 0 Å². The number of aliphatic hydroxyl groups is 1. The van der Waals surface area contributed by atoms with E-state index in [1.54, 1.807) is 6.92 Å². The molecule has 154 valence electrons. The van der Waals surface area contributed by atoms with Crippen molar-refractivity contribution < 1.29 is 15.0 Å². The Labute approximate surface area is 170 Å². The van der Waals surface area contributed by atoms with Crippen molar-refractivity contribution in [2.45, 2.75) is 20.0 Å². The van der Waals surface area contributed by atoms with Gasteiger partial charge in [-0.15, -0.1) is 0 Å². The number of nitrogens with one attached hydrogen (secondary N) is 1. The second kappa shape index (κ2) is 9.99. The first-order chi connectivity index (χ1) is 14.1. The molecule has 0 saturated carbocycles. The lowest BCUT2D eigenvalue weighted by atomic mass is 10.1. The van der Waals surface area contributed by atoms with Crippen LogP contribution in [0.4, 0.5) is 5.69 Å². The number of hydrogen-bond donors (Lipinski definition) is 3. The van der Waals surface area contributed by atoms with Crippen molar-refractivity contribution in [3.05, 3.63) is 53.3 Å². The van der Waals surface area contributed by atoms with E-state index in [1.165, 1.54) is 18.1 Å². The number of anilines is 1. The van der Waals surface area contributed by atoms with Crippen LogP contribution in [0.1, 0.15) is 23.2 Å². The normalized spacial score (nSPS) is 15.0. The van der Waals surface area contributed by atoms with E-state index in [-0.39, 0.29) is 18.3 Å². The van der Waals surface area contributed by atoms with Crippen molar-refractivity contribution in [3.63, 3.8) is 0 Å². The van der Waals surface area contributed by atoms with Crippen LogP contribution in [-0.4, -0.2) is 64.9 Å². The summed E-state index contributed by atoms with van der Waals surface area (Å²) in [5.41, 5.74) is 4.96. The third-order valence-electron chi connectivity index (χ3n) is 5.06. The maximum atomic E-state index is 12.1. The average Bonchev–Trinajstić information content (AvgIpc) is 2.76. The Hall–Kier alpha value is -2.97. The highest BCUT2D eigenvalue weighted by Crippen LogP contribution is 2.21. The third kappa shape index (κ3) is 5.52. The molecule has 0 spiro atoms. The number of aromatic nitrogens is 1. The summed E-state index contributed by atoms with van der Waals surface area (Å²) in [7, 11) is 0. The Bertz CT molecular complexity index is 849. The number of aliphatic hydroxyl groups excluding tert-OH is 1. The summed E-state index contributed by atoms with van der Waals surface area (Å²) in [5.74, 6) is -0.242. The first-order valence-electron chi connectivity index (χ1n) is 9.71. The molecule has 1 aliphatic heterocycles. The minimum absolute atomic E-state index is 0.0502. The second-order valence-corrected chi connectivity index (χ2v) is 7.00. The standard InChI is InChI=1S/C21H27N5O3/c1-16-21(29)19(17(15-27)13-22-16)14-23-24-20(28)7-8-25-9-11-26(12-10-25)18-5-3-2-4-6-18/h2-6,13-14,27,29H,7-12,15H2,1H3,(H,24,28)/b23-14+. The maximum Gasteiger partial charge on any atom is 0.241 e. The number of pyridine rings is 1. The molecule has 3 N–H and O–H groups in total. The van der Waals surface area contributed by atoms with Crippen LogP contribution in [0.5, 0.6) is 5.75 Å². The zero-order chi connectivity index (χ0) is 20.6. The van der Waals surface area contributed by atoms with Crippen LogP contribution >= 0.6 is 0 Å². The van der Waals surface area contributed by atoms with E-state index in [1.807, 2.05) is 18.2 Å². The Morgan fingerprint density at radius 2 is 1.97 bits per heavy atom. The van der Waals surface area contributed by atoms with Crippen LogP contribution < -0.4 is 10.3 Å². The molecule has 3 rings (SSSR count). The van der Waals surface area contributed by atoms with Gasteiger partial charge in [0.1, 0.15) is 5.75 Å². The highest BCUT2D eigenvalue weighted by Gasteiger charge is 2.17. The largest absolute Gasteiger partial charge is 0.505 e. The van der Waals surface area contributed by atoms with Crippen LogP contribution in [0, 0.1) is 6.92 Å². The lowest BCUT2D eigenvalue weighted by molar-refractivity contribution is -0.121. The van der Waals surface area contributed by atoms with E-state index in [9.17, 15) is 15.0 Å². The SMILES string of the molecule is Cc1ncc(CO)c(/C=N/NC(=O)CCN2CCN(c3ccccc3)CC2)c1O. The molecule has 1 aromatic carbocycles. The van der Waals surface area contributed by atoms with Gasteiger partial charge < -0.3 is 15.1 Å². The van der Waals surface area contributed by atoms with Crippen molar-refractivity contribution in [2.24, 2.45) is 5.10 Å². The van der Waals surface area contributed by atoms with E-state index >= 15 is 0 Å². The van der Waals surface area contributed by atoms with E-state index in [4.69, 9.17) is 0 Å². The monoisotopic (exact) mass is 397 g/mol. The summed E-state index contributed by atoms with van der Waals surface area (Å²) in [6.07, 6.45) is 3.16. The molecule has 1 aromatic heterocycles. The topological polar surface area (TPSA) is 101 Å². The lowest BCUT2D eigenvalue weighted by Crippen LogP contribution is -2.47. The Morgan fingerprint density at radius 1 is 1.24 bits per heavy atom. The lowest BCUT2D eigenvalue weighted by Gasteiger charge is -2.36. The Morgan fingerprint density at radius 3 is 2.66 bits per heavy atom. The minimum Gasteiger partial charge on any atom is -0.505 e. The highest BCUT2D eigenvalue weighted by atomic mass is 16.3. The molecule has 0 atom stereocenters. The quantitative estimate of drug-likeness (QED) is 0.480. The predicted octanol–water partition coefficient (Wildman–Crippen LogP) is 1.25. The number of benzene rings is 1. The summed E-state index contributed by atoms with van der Waals surface area (Å²) in [6, 6.07) is 10.3. The van der Waals surface area contributed by atoms with Crippen LogP contribution in [0.15, 0.2) is 41.6 Å². The summed E-state index contributed by atoms with van der Waals surface area (Å²) in [5, 5.41) is 23.3. The van der Waals surface area contributed by atoms with E-state index < -0.39 is 0 Å². The molecule has 1 fully saturated rings. The summed E-state index contributed by atoms with van der Waals surface area (Å²) in [6.45, 7) is 5.76. The summed E-state index contributed by atoms with van der Waals surface area (Å²) in [4.78, 5) is 20.7. The number of hydrogen-bond acceptors (Lipinski definition) is 7. The molecule has 8 heteroatoms. The zero-order valence-corrected chi connectivity index (χ0v) is 16.6. The number of carbonyl (C=O) groups excluding carboxylic acids is 1. The summed E-state index contributed by atoms with van der Waals surface area (Å²) < 4.78 is 0. The first-order valence-corrected chi connectivity index (χ1v) is 9.71. The van der Waals surface area contributed by atoms with Crippen LogP contribution in [0.25, 0.3) is 0 Å². The minimum atomic E-state index is -0.273. The number of hydrazone groups is 1. The van der Waals surface area contributed by atoms with Crippen molar-refractivity contribution in [1.82, 2.24) is 15.3 Å². The van der Waals surface area contributed by atoms with E-state index in [0.717, 1.165) is 26.2 Å². The van der Waals surface area contributed by atoms with Crippen molar-refractivity contribution in [2.75, 3.05) is 37.6 Å². The van der Waals surface area contributed by atoms with Gasteiger partial charge in [0, 0.05) is 62.2 Å². The third-order valence-corrected chi connectivity index (χ3v) is 5.06. The van der Waals surface area contributed by atoms with Gasteiger partial charge >= 0.3 is 0 Å². The van der Waals surface area contributed by atoms with Gasteiger partial charge in [-0.2, -0.15) is 5.10 Å². The zero-order valence-electron chi connectivity index (χ0n) is 16.6. The predicted molar refractivity (Wildman–Crippen MR) is 112 cm³/mol. The second-order valence-electron chi connectivity index (χ2n) is 7.00. The molecule has 8 nitrogen and oxygen atoms in total. The fourth-order valence-electron chi connectivity index (χ4n) is 3.28. The summed E-state index contributed by atoms with van der Waals surface area (Å²) >= 11 is 0. The molecule has 1 aliphatic rings. The van der Waals surface area contributed by atoms with Crippen molar-refractivity contribution >= 4 is 17.8 Å². The van der Waals surface area contributed by atoms with Crippen LogP contribution in [-0.2, 0) is 11.4 Å². The van der Waals surface area contributed by atoms with Gasteiger partial charge in [-0.25, -0.2) is 5.43 Å². The number of aromatic hydroxyl groups is 1. The molecule has 0 unspecified atom stereocenters. The molecule has 0 aliphatic carbocycles. The van der Waals surface area contributed by atoms with Crippen molar-refractivity contribution in [3.8, 4) is 5.75 Å². The van der Waals surface area contributed by atoms with Gasteiger partial charge in [0.25, 0.3) is 0 Å². The van der Waals surface area contributed by atoms with Gasteiger partial charge in [0.2, 0.25) is 5.91 Å². The fraction of sp³-hybridized carbons (Fsp3) is 0.381. The van der Waals surface area contributed by atoms with Gasteiger partial charge in [-0.1, -0.05) is 18.2 Å². The molecular weight excluding hydrogens is 370 g/mol. The van der Waals surface area contributed by atoms with Gasteiger partial charge in [0.05, 0.1) is 18.5 Å². The maximum absolute atomic E-state index is 12.1. The number of piperazine rings is 1. The van der Waals surface area contributed by atoms with Crippen LogP contribution in [0.3, 0.4) is 0 Å². The molecule has 29 heavy (non-hydrogen) atoms. The highest BCUT2D eigenvalue weighted by molar-refractivity contribution is 5.87. The Kier molecular flexibility index (Phi) is 7.15. The Balaban J connectivity index is 1.43. The van der Waals surface area contributed by atoms with Gasteiger partial charge in [-0.3, -0.25) is 14.7 Å². The number of rotatable bonds is 7. The number of aryl methyl sites for hydroxylation is 1. The van der Waals surface area contributed by atoms with Crippen LogP contribution in [0.2, 0.25) is 0 Å². The molecule has 2 heterocycles. The van der Waals surface area contributed by atoms with Gasteiger partial charge in [-0.05, 0) is 19.1 Å².